The van der Waals surface area contributed by atoms with E-state index in [4.69, 9.17) is 30.9 Å². The molecule has 2 atom stereocenters. The Balaban J connectivity index is 0.000000167. The lowest BCUT2D eigenvalue weighted by Gasteiger charge is -2.17. The summed E-state index contributed by atoms with van der Waals surface area (Å²) >= 11 is 7.51. The van der Waals surface area contributed by atoms with Gasteiger partial charge >= 0.3 is 0 Å². The number of fused-ring (bicyclic) bond motifs is 1. The molecule has 0 aliphatic carbocycles. The van der Waals surface area contributed by atoms with Crippen LogP contribution in [0.25, 0.3) is 0 Å². The van der Waals surface area contributed by atoms with E-state index in [9.17, 15) is 0 Å². The molecule has 3 heterocycles. The van der Waals surface area contributed by atoms with Crippen molar-refractivity contribution in [3.8, 4) is 0 Å². The fourth-order valence-electron chi connectivity index (χ4n) is 3.09. The maximum Gasteiger partial charge on any atom is 0.187 e. The van der Waals surface area contributed by atoms with Crippen LogP contribution in [0.3, 0.4) is 0 Å². The van der Waals surface area contributed by atoms with Crippen LogP contribution >= 0.6 is 22.9 Å². The lowest BCUT2D eigenvalue weighted by atomic mass is 10.0. The summed E-state index contributed by atoms with van der Waals surface area (Å²) in [6, 6.07) is 10.0. The van der Waals surface area contributed by atoms with Crippen molar-refractivity contribution in [3.63, 3.8) is 0 Å². The van der Waals surface area contributed by atoms with Gasteiger partial charge in [0.1, 0.15) is 6.10 Å². The first-order valence-corrected chi connectivity index (χ1v) is 9.96. The van der Waals surface area contributed by atoms with Gasteiger partial charge in [-0.25, -0.2) is 0 Å². The van der Waals surface area contributed by atoms with Crippen molar-refractivity contribution < 1.29 is 19.3 Å². The Morgan fingerprint density at radius 3 is 2.69 bits per heavy atom. The smallest absolute Gasteiger partial charge is 0.187 e. The van der Waals surface area contributed by atoms with Crippen molar-refractivity contribution in [2.75, 3.05) is 6.61 Å². The third-order valence-corrected chi connectivity index (χ3v) is 5.64. The molecule has 0 saturated carbocycles. The normalized spacial score (nSPS) is 23.4. The van der Waals surface area contributed by atoms with E-state index in [1.54, 1.807) is 11.3 Å². The Bertz CT molecular complexity index is 729. The number of thiophene rings is 1. The zero-order chi connectivity index (χ0) is 18.7. The van der Waals surface area contributed by atoms with Gasteiger partial charge in [0.2, 0.25) is 0 Å². The number of aryl methyl sites for hydroxylation is 1. The van der Waals surface area contributed by atoms with E-state index < -0.39 is 5.79 Å². The van der Waals surface area contributed by atoms with Gasteiger partial charge in [-0.2, -0.15) is 0 Å². The molecule has 4 nitrogen and oxygen atoms in total. The first-order valence-electron chi connectivity index (χ1n) is 8.77. The van der Waals surface area contributed by atoms with Crippen LogP contribution in [0.2, 0.25) is 4.34 Å². The zero-order valence-corrected chi connectivity index (χ0v) is 16.9. The van der Waals surface area contributed by atoms with Crippen LogP contribution in [-0.4, -0.2) is 29.9 Å². The Kier molecular flexibility index (Phi) is 6.38. The predicted molar refractivity (Wildman–Crippen MR) is 104 cm³/mol. The van der Waals surface area contributed by atoms with Crippen molar-refractivity contribution in [2.24, 2.45) is 0 Å². The first kappa shape index (κ1) is 19.8. The minimum absolute atomic E-state index is 0.0957. The van der Waals surface area contributed by atoms with Gasteiger partial charge in [0.05, 0.1) is 17.6 Å². The van der Waals surface area contributed by atoms with Gasteiger partial charge in [0, 0.05) is 17.7 Å². The fraction of sp³-hybridized carbons (Fsp3) is 0.500. The largest absolute Gasteiger partial charge is 0.392 e. The molecule has 2 aliphatic rings. The summed E-state index contributed by atoms with van der Waals surface area (Å²) in [6.45, 7) is 6.78. The third kappa shape index (κ3) is 5.06. The zero-order valence-electron chi connectivity index (χ0n) is 15.3. The van der Waals surface area contributed by atoms with E-state index in [1.165, 1.54) is 16.0 Å². The number of ether oxygens (including phenoxy) is 3. The number of benzene rings is 1. The van der Waals surface area contributed by atoms with Crippen molar-refractivity contribution in [1.29, 1.82) is 0 Å². The minimum Gasteiger partial charge on any atom is -0.392 e. The van der Waals surface area contributed by atoms with E-state index in [2.05, 4.69) is 25.1 Å². The number of hydrogen-bond donors (Lipinski definition) is 1. The molecule has 0 spiro atoms. The van der Waals surface area contributed by atoms with Crippen LogP contribution in [0.15, 0.2) is 30.3 Å². The van der Waals surface area contributed by atoms with E-state index in [0.717, 1.165) is 29.3 Å². The Labute approximate surface area is 163 Å². The molecular formula is C20H25ClO4S. The SMILES string of the molecule is CC1(C)OC2CCOC2O1.Cc1ccc(CO)cc1Cc1ccc(Cl)s1. The van der Waals surface area contributed by atoms with Gasteiger partial charge in [-0.3, -0.25) is 0 Å². The first-order chi connectivity index (χ1) is 12.4. The van der Waals surface area contributed by atoms with Crippen LogP contribution < -0.4 is 0 Å². The van der Waals surface area contributed by atoms with Gasteiger partial charge < -0.3 is 19.3 Å². The summed E-state index contributed by atoms with van der Waals surface area (Å²) in [4.78, 5) is 1.25. The number of aliphatic hydroxyl groups excluding tert-OH is 1. The van der Waals surface area contributed by atoms with Crippen molar-refractivity contribution in [2.45, 2.75) is 58.4 Å². The molecule has 2 unspecified atom stereocenters. The summed E-state index contributed by atoms with van der Waals surface area (Å²) in [5.41, 5.74) is 3.47. The Hall–Kier alpha value is -0.950. The highest BCUT2D eigenvalue weighted by molar-refractivity contribution is 7.16. The van der Waals surface area contributed by atoms with Crippen LogP contribution in [0.1, 0.15) is 41.8 Å². The van der Waals surface area contributed by atoms with Gasteiger partial charge in [0.25, 0.3) is 0 Å². The lowest BCUT2D eigenvalue weighted by molar-refractivity contribution is -0.192. The summed E-state index contributed by atoms with van der Waals surface area (Å²) in [7, 11) is 0. The van der Waals surface area contributed by atoms with Crippen LogP contribution in [0.4, 0.5) is 0 Å². The van der Waals surface area contributed by atoms with E-state index in [-0.39, 0.29) is 19.0 Å². The number of rotatable bonds is 3. The predicted octanol–water partition coefficient (Wildman–Crippen LogP) is 4.68. The molecule has 6 heteroatoms. The number of hydrogen-bond acceptors (Lipinski definition) is 5. The molecule has 1 aromatic carbocycles. The molecule has 4 rings (SSSR count). The highest BCUT2D eigenvalue weighted by Gasteiger charge is 2.44. The summed E-state index contributed by atoms with van der Waals surface area (Å²) in [5.74, 6) is -0.435. The van der Waals surface area contributed by atoms with Gasteiger partial charge in [0.15, 0.2) is 12.1 Å². The monoisotopic (exact) mass is 396 g/mol. The van der Waals surface area contributed by atoms with Crippen molar-refractivity contribution in [3.05, 3.63) is 56.2 Å². The fourth-order valence-corrected chi connectivity index (χ4v) is 4.20. The second-order valence-corrected chi connectivity index (χ2v) is 8.80. The van der Waals surface area contributed by atoms with E-state index in [1.807, 2.05) is 26.0 Å². The second kappa shape index (κ2) is 8.38. The Morgan fingerprint density at radius 1 is 1.23 bits per heavy atom. The second-order valence-electron chi connectivity index (χ2n) is 7.00. The molecular weight excluding hydrogens is 372 g/mol. The lowest BCUT2D eigenvalue weighted by Crippen LogP contribution is -2.22. The van der Waals surface area contributed by atoms with Crippen molar-refractivity contribution in [1.82, 2.24) is 0 Å². The summed E-state index contributed by atoms with van der Waals surface area (Å²) < 4.78 is 17.0. The van der Waals surface area contributed by atoms with Gasteiger partial charge in [-0.1, -0.05) is 29.8 Å². The highest BCUT2D eigenvalue weighted by Crippen LogP contribution is 2.33. The molecule has 26 heavy (non-hydrogen) atoms. The van der Waals surface area contributed by atoms with E-state index in [0.29, 0.717) is 0 Å². The molecule has 2 saturated heterocycles. The molecule has 2 aromatic rings. The van der Waals surface area contributed by atoms with E-state index >= 15 is 0 Å². The molecule has 0 bridgehead atoms. The van der Waals surface area contributed by atoms with Gasteiger partial charge in [-0.15, -0.1) is 11.3 Å². The Morgan fingerprint density at radius 2 is 2.04 bits per heavy atom. The van der Waals surface area contributed by atoms with Crippen LogP contribution in [-0.2, 0) is 27.2 Å². The third-order valence-electron chi connectivity index (χ3n) is 4.41. The topological polar surface area (TPSA) is 47.9 Å². The number of aliphatic hydroxyl groups is 1. The minimum atomic E-state index is -0.435. The summed E-state index contributed by atoms with van der Waals surface area (Å²) in [5, 5.41) is 9.10. The molecule has 1 aromatic heterocycles. The average molecular weight is 397 g/mol. The number of halogens is 1. The van der Waals surface area contributed by atoms with Gasteiger partial charge in [-0.05, 0) is 49.6 Å². The molecule has 2 aliphatic heterocycles. The molecule has 0 radical (unpaired) electrons. The summed E-state index contributed by atoms with van der Waals surface area (Å²) in [6.07, 6.45) is 1.93. The molecule has 0 amide bonds. The maximum atomic E-state index is 9.10. The quantitative estimate of drug-likeness (QED) is 0.818. The maximum absolute atomic E-state index is 9.10. The molecule has 142 valence electrons. The average Bonchev–Trinajstić information content (AvgIpc) is 3.25. The van der Waals surface area contributed by atoms with Crippen LogP contribution in [0.5, 0.6) is 0 Å². The molecule has 1 N–H and O–H groups in total. The van der Waals surface area contributed by atoms with Crippen LogP contribution in [0, 0.1) is 6.92 Å². The molecule has 2 fully saturated rings. The highest BCUT2D eigenvalue weighted by atomic mass is 35.5. The van der Waals surface area contributed by atoms with Crippen molar-refractivity contribution >= 4 is 22.9 Å². The standard InChI is InChI=1S/C13H13ClOS.C7H12O3/c1-9-2-3-10(8-15)6-11(9)7-12-4-5-13(14)16-12;1-7(2)9-5-3-4-8-6(5)10-7/h2-6,15H,7-8H2,1H3;5-6H,3-4H2,1-2H3.